The molecule has 0 aromatic heterocycles. The molecule has 10 heteroatoms. The summed E-state index contributed by atoms with van der Waals surface area (Å²) in [6.07, 6.45) is 1.05. The van der Waals surface area contributed by atoms with Gasteiger partial charge in [-0.1, -0.05) is 18.2 Å². The van der Waals surface area contributed by atoms with Crippen LogP contribution in [0.15, 0.2) is 48.5 Å². The topological polar surface area (TPSA) is 67.9 Å². The average molecular weight is 426 g/mol. The molecule has 0 spiro atoms. The van der Waals surface area contributed by atoms with Gasteiger partial charge in [-0.05, 0) is 43.2 Å². The fourth-order valence-electron chi connectivity index (χ4n) is 3.15. The maximum atomic E-state index is 12.8. The molecular weight excluding hydrogens is 408 g/mol. The van der Waals surface area contributed by atoms with E-state index < -0.39 is 36.7 Å². The van der Waals surface area contributed by atoms with Crippen LogP contribution in [0.1, 0.15) is 23.2 Å². The lowest BCUT2D eigenvalue weighted by Crippen LogP contribution is -2.52. The number of benzene rings is 2. The van der Waals surface area contributed by atoms with Gasteiger partial charge in [-0.2, -0.15) is 17.6 Å². The smallest absolute Gasteiger partial charge is 0.387 e. The van der Waals surface area contributed by atoms with E-state index in [1.54, 1.807) is 29.2 Å². The summed E-state index contributed by atoms with van der Waals surface area (Å²) < 4.78 is 58.3. The summed E-state index contributed by atoms with van der Waals surface area (Å²) in [7, 11) is 0. The van der Waals surface area contributed by atoms with Crippen LogP contribution in [0.5, 0.6) is 11.5 Å². The molecule has 2 aromatic carbocycles. The van der Waals surface area contributed by atoms with Crippen molar-refractivity contribution in [1.82, 2.24) is 5.32 Å². The Labute approximate surface area is 169 Å². The summed E-state index contributed by atoms with van der Waals surface area (Å²) >= 11 is 0. The first-order chi connectivity index (χ1) is 14.3. The number of ether oxygens (including phenoxy) is 2. The summed E-state index contributed by atoms with van der Waals surface area (Å²) in [5.74, 6) is -2.38. The van der Waals surface area contributed by atoms with Crippen LogP contribution >= 0.6 is 0 Å². The van der Waals surface area contributed by atoms with Gasteiger partial charge in [0.2, 0.25) is 5.91 Å². The van der Waals surface area contributed by atoms with E-state index in [1.807, 2.05) is 6.07 Å². The Morgan fingerprint density at radius 1 is 1.00 bits per heavy atom. The van der Waals surface area contributed by atoms with Crippen molar-refractivity contribution in [3.05, 3.63) is 54.1 Å². The quantitative estimate of drug-likeness (QED) is 0.684. The first-order valence-corrected chi connectivity index (χ1v) is 9.06. The monoisotopic (exact) mass is 426 g/mol. The first kappa shape index (κ1) is 21.4. The number of amides is 2. The number of carbonyl (C=O) groups is 2. The highest BCUT2D eigenvalue weighted by Gasteiger charge is 2.31. The number of halogens is 4. The van der Waals surface area contributed by atoms with Gasteiger partial charge in [-0.15, -0.1) is 0 Å². The number of rotatable bonds is 7. The zero-order valence-corrected chi connectivity index (χ0v) is 15.6. The highest BCUT2D eigenvalue weighted by atomic mass is 19.3. The molecule has 1 fully saturated rings. The predicted molar refractivity (Wildman–Crippen MR) is 99.0 cm³/mol. The Hall–Kier alpha value is -3.30. The average Bonchev–Trinajstić information content (AvgIpc) is 2.70. The van der Waals surface area contributed by atoms with E-state index in [1.165, 1.54) is 0 Å². The van der Waals surface area contributed by atoms with Gasteiger partial charge in [0.25, 0.3) is 5.91 Å². The van der Waals surface area contributed by atoms with Gasteiger partial charge >= 0.3 is 13.2 Å². The van der Waals surface area contributed by atoms with E-state index in [0.29, 0.717) is 25.1 Å². The van der Waals surface area contributed by atoms with Gasteiger partial charge in [0.15, 0.2) is 11.5 Å². The van der Waals surface area contributed by atoms with Gasteiger partial charge in [0, 0.05) is 17.8 Å². The summed E-state index contributed by atoms with van der Waals surface area (Å²) in [6, 6.07) is 11.0. The molecule has 0 aliphatic carbocycles. The van der Waals surface area contributed by atoms with E-state index in [2.05, 4.69) is 14.8 Å². The van der Waals surface area contributed by atoms with Gasteiger partial charge in [0.05, 0.1) is 0 Å². The van der Waals surface area contributed by atoms with Crippen molar-refractivity contribution in [2.24, 2.45) is 0 Å². The molecule has 2 amide bonds. The van der Waals surface area contributed by atoms with Gasteiger partial charge in [-0.3, -0.25) is 9.59 Å². The van der Waals surface area contributed by atoms with Gasteiger partial charge < -0.3 is 19.7 Å². The molecule has 1 saturated heterocycles. The van der Waals surface area contributed by atoms with Crippen LogP contribution in [0.3, 0.4) is 0 Å². The molecule has 1 aliphatic heterocycles. The second-order valence-electron chi connectivity index (χ2n) is 6.41. The van der Waals surface area contributed by atoms with Crippen LogP contribution in [-0.4, -0.2) is 37.6 Å². The number of para-hydroxylation sites is 1. The fourth-order valence-corrected chi connectivity index (χ4v) is 3.15. The molecule has 6 nitrogen and oxygen atoms in total. The van der Waals surface area contributed by atoms with E-state index in [0.717, 1.165) is 18.2 Å². The molecule has 0 radical (unpaired) electrons. The van der Waals surface area contributed by atoms with Crippen molar-refractivity contribution in [3.63, 3.8) is 0 Å². The molecule has 0 bridgehead atoms. The zero-order valence-electron chi connectivity index (χ0n) is 15.6. The lowest BCUT2D eigenvalue weighted by molar-refractivity contribution is -0.121. The number of hydrogen-bond donors (Lipinski definition) is 1. The summed E-state index contributed by atoms with van der Waals surface area (Å²) in [5, 5.41) is 2.56. The Morgan fingerprint density at radius 2 is 1.67 bits per heavy atom. The zero-order chi connectivity index (χ0) is 21.7. The minimum Gasteiger partial charge on any atom is -0.431 e. The summed E-state index contributed by atoms with van der Waals surface area (Å²) in [6.45, 7) is -6.06. The molecular formula is C20H18F4N2O4. The number of carbonyl (C=O) groups excluding carboxylic acids is 2. The van der Waals surface area contributed by atoms with Crippen molar-refractivity contribution in [2.45, 2.75) is 32.1 Å². The Balaban J connectivity index is 1.75. The molecule has 0 saturated carbocycles. The van der Waals surface area contributed by atoms with Crippen LogP contribution in [0.25, 0.3) is 0 Å². The number of hydrogen-bond acceptors (Lipinski definition) is 4. The largest absolute Gasteiger partial charge is 0.431 e. The normalized spacial score (nSPS) is 16.7. The van der Waals surface area contributed by atoms with Crippen LogP contribution in [0.2, 0.25) is 0 Å². The van der Waals surface area contributed by atoms with Crippen molar-refractivity contribution in [3.8, 4) is 11.5 Å². The van der Waals surface area contributed by atoms with E-state index in [9.17, 15) is 27.2 Å². The molecule has 30 heavy (non-hydrogen) atoms. The minimum atomic E-state index is -3.30. The molecule has 1 atom stereocenters. The maximum Gasteiger partial charge on any atom is 0.387 e. The molecule has 0 unspecified atom stereocenters. The number of nitrogens with zero attached hydrogens (tertiary/aromatic N) is 1. The van der Waals surface area contributed by atoms with E-state index in [4.69, 9.17) is 0 Å². The van der Waals surface area contributed by atoms with Crippen LogP contribution in [0.4, 0.5) is 23.2 Å². The number of anilines is 1. The molecule has 1 aliphatic rings. The van der Waals surface area contributed by atoms with E-state index >= 15 is 0 Å². The third kappa shape index (κ3) is 5.19. The number of alkyl halides is 4. The van der Waals surface area contributed by atoms with Crippen LogP contribution < -0.4 is 19.7 Å². The summed E-state index contributed by atoms with van der Waals surface area (Å²) in [4.78, 5) is 26.9. The highest BCUT2D eigenvalue weighted by Crippen LogP contribution is 2.31. The van der Waals surface area contributed by atoms with Gasteiger partial charge in [-0.25, -0.2) is 0 Å². The number of nitrogens with one attached hydrogen (secondary N) is 1. The SMILES string of the molecule is O=C(N[C@H]1CCCN(c2ccccc2)C1=O)c1ccc(OC(F)F)c(OC(F)F)c1. The second kappa shape index (κ2) is 9.47. The standard InChI is InChI=1S/C20H18F4N2O4/c21-19(22)29-15-9-8-12(11-16(15)30-20(23)24)17(27)25-14-7-4-10-26(18(14)28)13-5-2-1-3-6-13/h1-3,5-6,8-9,11,14,19-20H,4,7,10H2,(H,25,27)/t14-/m0/s1. The highest BCUT2D eigenvalue weighted by molar-refractivity contribution is 6.03. The Morgan fingerprint density at radius 3 is 2.33 bits per heavy atom. The Kier molecular flexibility index (Phi) is 6.76. The molecule has 1 heterocycles. The molecule has 160 valence electrons. The third-order valence-corrected chi connectivity index (χ3v) is 4.45. The summed E-state index contributed by atoms with van der Waals surface area (Å²) in [5.41, 5.74) is 0.555. The Bertz CT molecular complexity index is 896. The molecule has 2 aromatic rings. The van der Waals surface area contributed by atoms with Crippen LogP contribution in [0, 0.1) is 0 Å². The lowest BCUT2D eigenvalue weighted by atomic mass is 10.0. The van der Waals surface area contributed by atoms with E-state index in [-0.39, 0.29) is 11.5 Å². The molecule has 1 N–H and O–H groups in total. The maximum absolute atomic E-state index is 12.8. The fraction of sp³-hybridized carbons (Fsp3) is 0.300. The van der Waals surface area contributed by atoms with Crippen molar-refractivity contribution in [2.75, 3.05) is 11.4 Å². The van der Waals surface area contributed by atoms with Crippen molar-refractivity contribution < 1.29 is 36.6 Å². The molecule has 3 rings (SSSR count). The second-order valence-corrected chi connectivity index (χ2v) is 6.41. The lowest BCUT2D eigenvalue weighted by Gasteiger charge is -2.32. The van der Waals surface area contributed by atoms with Gasteiger partial charge in [0.1, 0.15) is 6.04 Å². The van der Waals surface area contributed by atoms with Crippen molar-refractivity contribution >= 4 is 17.5 Å². The first-order valence-electron chi connectivity index (χ1n) is 9.06. The number of piperidine rings is 1. The third-order valence-electron chi connectivity index (χ3n) is 4.45. The predicted octanol–water partition coefficient (Wildman–Crippen LogP) is 3.81. The van der Waals surface area contributed by atoms with Crippen molar-refractivity contribution in [1.29, 1.82) is 0 Å². The minimum absolute atomic E-state index is 0.142. The van der Waals surface area contributed by atoms with Crippen LogP contribution in [-0.2, 0) is 4.79 Å².